The number of hydrogen-bond acceptors (Lipinski definition) is 5. The molecule has 3 rings (SSSR count). The van der Waals surface area contributed by atoms with E-state index in [0.29, 0.717) is 35.9 Å². The van der Waals surface area contributed by atoms with Gasteiger partial charge in [0.15, 0.2) is 0 Å². The maximum Gasteiger partial charge on any atom is 0.235 e. The number of anilines is 1. The van der Waals surface area contributed by atoms with Gasteiger partial charge in [0, 0.05) is 18.7 Å². The summed E-state index contributed by atoms with van der Waals surface area (Å²) in [6.07, 6.45) is 1.21. The van der Waals surface area contributed by atoms with Crippen LogP contribution in [-0.2, 0) is 0 Å². The van der Waals surface area contributed by atoms with Crippen molar-refractivity contribution in [3.8, 4) is 23.3 Å². The smallest absolute Gasteiger partial charge is 0.235 e. The van der Waals surface area contributed by atoms with E-state index in [1.54, 1.807) is 0 Å². The Kier molecular flexibility index (Phi) is 4.75. The monoisotopic (exact) mass is 325 g/mol. The normalized spacial score (nSPS) is 20.7. The van der Waals surface area contributed by atoms with Crippen molar-refractivity contribution in [3.05, 3.63) is 30.0 Å². The average Bonchev–Trinajstić information content (AvgIpc) is 2.99. The van der Waals surface area contributed by atoms with Gasteiger partial charge in [-0.2, -0.15) is 10.2 Å². The molecule has 2 aromatic rings. The summed E-state index contributed by atoms with van der Waals surface area (Å²) in [5.74, 6) is 3.06. The zero-order valence-corrected chi connectivity index (χ0v) is 14.5. The fourth-order valence-corrected chi connectivity index (χ4v) is 3.41. The molecule has 2 atom stereocenters. The maximum absolute atomic E-state index is 9.44. The molecule has 24 heavy (non-hydrogen) atoms. The first kappa shape index (κ1) is 16.4. The number of hydrogen-bond donors (Lipinski definition) is 0. The quantitative estimate of drug-likeness (QED) is 0.847. The van der Waals surface area contributed by atoms with Crippen molar-refractivity contribution in [2.24, 2.45) is 11.8 Å². The van der Waals surface area contributed by atoms with Crippen LogP contribution in [0.1, 0.15) is 32.9 Å². The number of benzene rings is 1. The molecule has 1 aliphatic heterocycles. The summed E-state index contributed by atoms with van der Waals surface area (Å²) in [5, 5.41) is 9.44. The molecule has 0 bridgehead atoms. The van der Waals surface area contributed by atoms with Crippen LogP contribution in [0.4, 0.5) is 5.88 Å². The molecule has 1 fully saturated rings. The van der Waals surface area contributed by atoms with Crippen LogP contribution in [0.5, 0.6) is 5.75 Å². The van der Waals surface area contributed by atoms with Crippen molar-refractivity contribution >= 4 is 5.88 Å². The number of ether oxygens (including phenoxy) is 1. The summed E-state index contributed by atoms with van der Waals surface area (Å²) in [6, 6.07) is 9.76. The first-order chi connectivity index (χ1) is 11.6. The Morgan fingerprint density at radius 3 is 2.50 bits per heavy atom. The van der Waals surface area contributed by atoms with Crippen LogP contribution < -0.4 is 9.64 Å². The minimum atomic E-state index is 0.361. The summed E-state index contributed by atoms with van der Waals surface area (Å²) in [4.78, 5) is 6.54. The minimum Gasteiger partial charge on any atom is -0.494 e. The third kappa shape index (κ3) is 3.38. The predicted octanol–water partition coefficient (Wildman–Crippen LogP) is 4.09. The highest BCUT2D eigenvalue weighted by atomic mass is 16.5. The first-order valence-electron chi connectivity index (χ1n) is 8.49. The lowest BCUT2D eigenvalue weighted by Crippen LogP contribution is -2.38. The van der Waals surface area contributed by atoms with Crippen molar-refractivity contribution in [2.45, 2.75) is 27.2 Å². The Bertz CT molecular complexity index is 720. The maximum atomic E-state index is 9.44. The van der Waals surface area contributed by atoms with E-state index in [-0.39, 0.29) is 0 Å². The summed E-state index contributed by atoms with van der Waals surface area (Å²) in [7, 11) is 0. The van der Waals surface area contributed by atoms with E-state index < -0.39 is 0 Å². The highest BCUT2D eigenvalue weighted by Crippen LogP contribution is 2.32. The van der Waals surface area contributed by atoms with Crippen molar-refractivity contribution < 1.29 is 9.15 Å². The number of oxazole rings is 1. The summed E-state index contributed by atoms with van der Waals surface area (Å²) in [5.41, 5.74) is 1.21. The molecule has 0 spiro atoms. The molecule has 5 heteroatoms. The Hall–Kier alpha value is -2.48. The van der Waals surface area contributed by atoms with E-state index in [0.717, 1.165) is 24.4 Å². The van der Waals surface area contributed by atoms with Gasteiger partial charge in [-0.3, -0.25) is 0 Å². The average molecular weight is 325 g/mol. The topological polar surface area (TPSA) is 62.3 Å². The molecular weight excluding hydrogens is 302 g/mol. The van der Waals surface area contributed by atoms with Gasteiger partial charge in [0.2, 0.25) is 17.5 Å². The van der Waals surface area contributed by atoms with Crippen LogP contribution in [0.3, 0.4) is 0 Å². The molecule has 1 saturated heterocycles. The van der Waals surface area contributed by atoms with Crippen LogP contribution >= 0.6 is 0 Å². The van der Waals surface area contributed by atoms with Gasteiger partial charge in [-0.05, 0) is 49.4 Å². The number of piperidine rings is 1. The number of rotatable bonds is 4. The lowest BCUT2D eigenvalue weighted by atomic mass is 9.92. The summed E-state index contributed by atoms with van der Waals surface area (Å²) < 4.78 is 11.4. The van der Waals surface area contributed by atoms with Gasteiger partial charge in [-0.15, -0.1) is 0 Å². The number of nitrogens with zero attached hydrogens (tertiary/aromatic N) is 3. The molecule has 0 saturated carbocycles. The van der Waals surface area contributed by atoms with E-state index in [2.05, 4.69) is 29.8 Å². The summed E-state index contributed by atoms with van der Waals surface area (Å²) >= 11 is 0. The van der Waals surface area contributed by atoms with Crippen LogP contribution in [0.25, 0.3) is 11.5 Å². The fraction of sp³-hybridized carbons (Fsp3) is 0.474. The second kappa shape index (κ2) is 6.96. The third-order valence-corrected chi connectivity index (χ3v) is 4.28. The Balaban J connectivity index is 1.88. The molecule has 1 aromatic heterocycles. The highest BCUT2D eigenvalue weighted by molar-refractivity contribution is 5.60. The van der Waals surface area contributed by atoms with Gasteiger partial charge in [-0.1, -0.05) is 13.8 Å². The molecular formula is C19H23N3O2. The van der Waals surface area contributed by atoms with Crippen molar-refractivity contribution in [3.63, 3.8) is 0 Å². The van der Waals surface area contributed by atoms with Gasteiger partial charge in [0.1, 0.15) is 11.8 Å². The Morgan fingerprint density at radius 1 is 1.25 bits per heavy atom. The molecule has 126 valence electrons. The molecule has 2 heterocycles. The molecule has 0 N–H and O–H groups in total. The second-order valence-corrected chi connectivity index (χ2v) is 6.59. The van der Waals surface area contributed by atoms with Crippen LogP contribution in [0, 0.1) is 23.2 Å². The van der Waals surface area contributed by atoms with E-state index in [9.17, 15) is 5.26 Å². The molecule has 0 amide bonds. The zero-order valence-electron chi connectivity index (χ0n) is 14.5. The fourth-order valence-electron chi connectivity index (χ4n) is 3.41. The summed E-state index contributed by atoms with van der Waals surface area (Å²) in [6.45, 7) is 8.85. The van der Waals surface area contributed by atoms with Crippen LogP contribution in [0.2, 0.25) is 0 Å². The van der Waals surface area contributed by atoms with Gasteiger partial charge in [-0.25, -0.2) is 0 Å². The molecule has 0 radical (unpaired) electrons. The SMILES string of the molecule is CCOc1ccc(-c2nc(C#N)c(N3C[C@H](C)C[C@H](C)C3)o2)cc1. The lowest BCUT2D eigenvalue weighted by molar-refractivity contribution is 0.340. The third-order valence-electron chi connectivity index (χ3n) is 4.28. The highest BCUT2D eigenvalue weighted by Gasteiger charge is 2.27. The lowest BCUT2D eigenvalue weighted by Gasteiger charge is -2.34. The molecule has 1 aliphatic rings. The second-order valence-electron chi connectivity index (χ2n) is 6.59. The van der Waals surface area contributed by atoms with E-state index in [1.807, 2.05) is 31.2 Å². The van der Waals surface area contributed by atoms with Crippen molar-refractivity contribution in [2.75, 3.05) is 24.6 Å². The molecule has 1 aromatic carbocycles. The van der Waals surface area contributed by atoms with Crippen molar-refractivity contribution in [1.29, 1.82) is 5.26 Å². The Morgan fingerprint density at radius 2 is 1.92 bits per heavy atom. The molecule has 0 aliphatic carbocycles. The first-order valence-corrected chi connectivity index (χ1v) is 8.49. The van der Waals surface area contributed by atoms with Crippen molar-refractivity contribution in [1.82, 2.24) is 4.98 Å². The van der Waals surface area contributed by atoms with Gasteiger partial charge in [0.05, 0.1) is 6.61 Å². The van der Waals surface area contributed by atoms with Gasteiger partial charge >= 0.3 is 0 Å². The number of nitriles is 1. The van der Waals surface area contributed by atoms with E-state index in [4.69, 9.17) is 9.15 Å². The number of aromatic nitrogens is 1. The van der Waals surface area contributed by atoms with Gasteiger partial charge < -0.3 is 14.1 Å². The largest absolute Gasteiger partial charge is 0.494 e. The van der Waals surface area contributed by atoms with Crippen LogP contribution in [-0.4, -0.2) is 24.7 Å². The zero-order chi connectivity index (χ0) is 17.1. The van der Waals surface area contributed by atoms with Gasteiger partial charge in [0.25, 0.3) is 0 Å². The standard InChI is InChI=1S/C19H23N3O2/c1-4-23-16-7-5-15(6-8-16)18-21-17(10-20)19(24-18)22-11-13(2)9-14(3)12-22/h5-8,13-14H,4,9,11-12H2,1-3H3/t13-,14+. The van der Waals surface area contributed by atoms with E-state index >= 15 is 0 Å². The molecule has 0 unspecified atom stereocenters. The Labute approximate surface area is 142 Å². The van der Waals surface area contributed by atoms with E-state index in [1.165, 1.54) is 6.42 Å². The molecule has 5 nitrogen and oxygen atoms in total. The van der Waals surface area contributed by atoms with Crippen LogP contribution in [0.15, 0.2) is 28.7 Å². The predicted molar refractivity (Wildman–Crippen MR) is 93.0 cm³/mol. The minimum absolute atomic E-state index is 0.361.